The molecule has 0 spiro atoms. The van der Waals surface area contributed by atoms with Gasteiger partial charge in [-0.15, -0.1) is 0 Å². The number of primary amides is 1. The first kappa shape index (κ1) is 17.6. The van der Waals surface area contributed by atoms with Crippen LogP contribution < -0.4 is 5.73 Å². The van der Waals surface area contributed by atoms with Crippen molar-refractivity contribution in [2.75, 3.05) is 13.1 Å². The average molecular weight is 367 g/mol. The first-order valence-electron chi connectivity index (χ1n) is 9.05. The number of benzene rings is 1. The van der Waals surface area contributed by atoms with E-state index in [-0.39, 0.29) is 5.69 Å². The third kappa shape index (κ3) is 3.68. The summed E-state index contributed by atoms with van der Waals surface area (Å²) in [6, 6.07) is 7.82. The summed E-state index contributed by atoms with van der Waals surface area (Å²) >= 11 is 0. The van der Waals surface area contributed by atoms with Crippen molar-refractivity contribution >= 4 is 16.8 Å². The van der Waals surface area contributed by atoms with Gasteiger partial charge >= 0.3 is 0 Å². The summed E-state index contributed by atoms with van der Waals surface area (Å²) in [5.41, 5.74) is 8.32. The second-order valence-corrected chi connectivity index (χ2v) is 7.47. The minimum Gasteiger partial charge on any atom is -0.364 e. The molecule has 1 aliphatic rings. The summed E-state index contributed by atoms with van der Waals surface area (Å²) in [4.78, 5) is 18.2. The molecule has 1 aromatic carbocycles. The van der Waals surface area contributed by atoms with Gasteiger partial charge in [0.25, 0.3) is 5.91 Å². The van der Waals surface area contributed by atoms with E-state index < -0.39 is 11.6 Å². The summed E-state index contributed by atoms with van der Waals surface area (Å²) in [7, 11) is 0. The predicted molar refractivity (Wildman–Crippen MR) is 102 cm³/mol. The number of aromatic nitrogens is 3. The number of likely N-dealkylation sites (tertiary alicyclic amines) is 1. The van der Waals surface area contributed by atoms with Crippen molar-refractivity contribution in [1.29, 1.82) is 0 Å². The van der Waals surface area contributed by atoms with Crippen LogP contribution in [0.4, 0.5) is 4.39 Å². The topological polar surface area (TPSA) is 87.9 Å². The Balaban J connectivity index is 1.58. The Hall–Kier alpha value is -2.80. The van der Waals surface area contributed by atoms with E-state index in [9.17, 15) is 9.18 Å². The molecule has 27 heavy (non-hydrogen) atoms. The van der Waals surface area contributed by atoms with Crippen LogP contribution in [0.15, 0.2) is 36.7 Å². The summed E-state index contributed by atoms with van der Waals surface area (Å²) in [6.07, 6.45) is 4.77. The number of hydrogen-bond donors (Lipinski definition) is 2. The lowest BCUT2D eigenvalue weighted by atomic mass is 9.95. The number of carbonyl (C=O) groups is 1. The van der Waals surface area contributed by atoms with Crippen LogP contribution in [0.25, 0.3) is 22.0 Å². The lowest BCUT2D eigenvalue weighted by molar-refractivity contribution is 0.0704. The molecule has 3 aromatic rings. The van der Waals surface area contributed by atoms with E-state index in [0.717, 1.165) is 41.8 Å². The highest BCUT2D eigenvalue weighted by Crippen LogP contribution is 2.28. The number of amides is 1. The molecular formula is C20H22FN5O. The number of nitrogens with two attached hydrogens (primary N) is 1. The maximum absolute atomic E-state index is 14.0. The first-order chi connectivity index (χ1) is 12.9. The number of halogens is 1. The van der Waals surface area contributed by atoms with E-state index in [2.05, 4.69) is 26.1 Å². The highest BCUT2D eigenvalue weighted by atomic mass is 19.1. The molecule has 0 unspecified atom stereocenters. The van der Waals surface area contributed by atoms with Crippen molar-refractivity contribution in [3.05, 3.63) is 47.9 Å². The van der Waals surface area contributed by atoms with Crippen LogP contribution >= 0.6 is 0 Å². The molecule has 140 valence electrons. The number of alkyl halides is 1. The number of carbonyl (C=O) groups excluding carboxylic acids is 1. The van der Waals surface area contributed by atoms with Crippen molar-refractivity contribution in [2.24, 2.45) is 5.73 Å². The highest BCUT2D eigenvalue weighted by molar-refractivity contribution is 6.04. The van der Waals surface area contributed by atoms with E-state index in [4.69, 9.17) is 5.73 Å². The van der Waals surface area contributed by atoms with E-state index in [0.29, 0.717) is 18.2 Å². The van der Waals surface area contributed by atoms with Crippen molar-refractivity contribution in [3.63, 3.8) is 0 Å². The van der Waals surface area contributed by atoms with E-state index in [1.54, 1.807) is 13.1 Å². The molecule has 0 atom stereocenters. The lowest BCUT2D eigenvalue weighted by Gasteiger charge is -2.34. The van der Waals surface area contributed by atoms with Gasteiger partial charge in [-0.05, 0) is 49.1 Å². The van der Waals surface area contributed by atoms with Crippen LogP contribution in [0.2, 0.25) is 0 Å². The monoisotopic (exact) mass is 367 g/mol. The molecule has 0 radical (unpaired) electrons. The molecule has 1 fully saturated rings. The summed E-state index contributed by atoms with van der Waals surface area (Å²) in [5.74, 6) is -0.560. The molecule has 0 saturated carbocycles. The smallest absolute Gasteiger partial charge is 0.269 e. The Labute approximate surface area is 156 Å². The van der Waals surface area contributed by atoms with Crippen molar-refractivity contribution in [3.8, 4) is 11.1 Å². The number of aromatic amines is 1. The SMILES string of the molecule is CC1(F)CCN(Cc2cncc(-c3ccc4[nH]nc(C(N)=O)c4c3)c2)CC1. The number of rotatable bonds is 4. The van der Waals surface area contributed by atoms with Gasteiger partial charge in [0.1, 0.15) is 5.67 Å². The summed E-state index contributed by atoms with van der Waals surface area (Å²) in [6.45, 7) is 3.93. The van der Waals surface area contributed by atoms with Gasteiger partial charge in [-0.2, -0.15) is 5.10 Å². The van der Waals surface area contributed by atoms with Crippen LogP contribution in [-0.4, -0.2) is 44.7 Å². The highest BCUT2D eigenvalue weighted by Gasteiger charge is 2.29. The normalized spacial score (nSPS) is 17.3. The van der Waals surface area contributed by atoms with Gasteiger partial charge in [0.15, 0.2) is 5.69 Å². The number of pyridine rings is 1. The van der Waals surface area contributed by atoms with Crippen LogP contribution in [0.1, 0.15) is 35.8 Å². The van der Waals surface area contributed by atoms with Crippen LogP contribution in [0, 0.1) is 0 Å². The van der Waals surface area contributed by atoms with E-state index >= 15 is 0 Å². The van der Waals surface area contributed by atoms with Gasteiger partial charge in [-0.1, -0.05) is 6.07 Å². The minimum absolute atomic E-state index is 0.235. The molecule has 1 saturated heterocycles. The fourth-order valence-corrected chi connectivity index (χ4v) is 3.55. The first-order valence-corrected chi connectivity index (χ1v) is 9.05. The second-order valence-electron chi connectivity index (χ2n) is 7.47. The molecule has 7 heteroatoms. The number of H-pyrrole nitrogens is 1. The maximum atomic E-state index is 14.0. The van der Waals surface area contributed by atoms with Gasteiger partial charge in [0, 0.05) is 43.0 Å². The molecule has 3 heterocycles. The quantitative estimate of drug-likeness (QED) is 0.742. The maximum Gasteiger partial charge on any atom is 0.269 e. The van der Waals surface area contributed by atoms with Gasteiger partial charge in [0.2, 0.25) is 0 Å². The van der Waals surface area contributed by atoms with Crippen molar-refractivity contribution in [1.82, 2.24) is 20.1 Å². The molecule has 3 N–H and O–H groups in total. The summed E-state index contributed by atoms with van der Waals surface area (Å²) in [5, 5.41) is 7.50. The zero-order chi connectivity index (χ0) is 19.0. The Morgan fingerprint density at radius 1 is 1.26 bits per heavy atom. The standard InChI is InChI=1S/C20H22FN5O/c1-20(21)4-6-26(7-5-20)12-13-8-15(11-23-10-13)14-2-3-17-16(9-14)18(19(22)27)25-24-17/h2-3,8-11H,4-7,12H2,1H3,(H2,22,27)(H,24,25). The van der Waals surface area contributed by atoms with Crippen LogP contribution in [0.3, 0.4) is 0 Å². The molecular weight excluding hydrogens is 345 g/mol. The third-order valence-corrected chi connectivity index (χ3v) is 5.23. The summed E-state index contributed by atoms with van der Waals surface area (Å²) < 4.78 is 14.0. The largest absolute Gasteiger partial charge is 0.364 e. The van der Waals surface area contributed by atoms with Gasteiger partial charge in [0.05, 0.1) is 5.52 Å². The fourth-order valence-electron chi connectivity index (χ4n) is 3.55. The third-order valence-electron chi connectivity index (χ3n) is 5.23. The average Bonchev–Trinajstić information content (AvgIpc) is 3.07. The minimum atomic E-state index is -1.05. The van der Waals surface area contributed by atoms with Gasteiger partial charge < -0.3 is 5.73 Å². The number of hydrogen-bond acceptors (Lipinski definition) is 4. The molecule has 1 aliphatic heterocycles. The van der Waals surface area contributed by atoms with Gasteiger partial charge in [-0.3, -0.25) is 19.8 Å². The van der Waals surface area contributed by atoms with Crippen LogP contribution in [-0.2, 0) is 6.54 Å². The lowest BCUT2D eigenvalue weighted by Crippen LogP contribution is -2.39. The number of nitrogens with zero attached hydrogens (tertiary/aromatic N) is 3. The molecule has 1 amide bonds. The fraction of sp³-hybridized carbons (Fsp3) is 0.350. The Bertz CT molecular complexity index is 987. The Kier molecular flexibility index (Phi) is 4.39. The number of fused-ring (bicyclic) bond motifs is 1. The number of piperidine rings is 1. The van der Waals surface area contributed by atoms with Gasteiger partial charge in [-0.25, -0.2) is 4.39 Å². The number of nitrogens with one attached hydrogen (secondary N) is 1. The molecule has 0 aliphatic carbocycles. The van der Waals surface area contributed by atoms with Crippen LogP contribution in [0.5, 0.6) is 0 Å². The Morgan fingerprint density at radius 3 is 2.78 bits per heavy atom. The predicted octanol–water partition coefficient (Wildman–Crippen LogP) is 3.05. The van der Waals surface area contributed by atoms with Crippen molar-refractivity contribution < 1.29 is 9.18 Å². The second kappa shape index (κ2) is 6.74. The molecule has 0 bridgehead atoms. The molecule has 2 aromatic heterocycles. The molecule has 6 nitrogen and oxygen atoms in total. The van der Waals surface area contributed by atoms with E-state index in [1.807, 2.05) is 24.4 Å². The van der Waals surface area contributed by atoms with E-state index in [1.165, 1.54) is 0 Å². The molecule has 4 rings (SSSR count). The Morgan fingerprint density at radius 2 is 2.04 bits per heavy atom. The van der Waals surface area contributed by atoms with Crippen molar-refractivity contribution in [2.45, 2.75) is 32.0 Å². The zero-order valence-electron chi connectivity index (χ0n) is 15.2. The zero-order valence-corrected chi connectivity index (χ0v) is 15.2.